The van der Waals surface area contributed by atoms with Gasteiger partial charge >= 0.3 is 0 Å². The van der Waals surface area contributed by atoms with Gasteiger partial charge in [0.05, 0.1) is 7.11 Å². The number of hydrogen-bond donors (Lipinski definition) is 1. The van der Waals surface area contributed by atoms with Crippen LogP contribution in [0.25, 0.3) is 0 Å². The Kier molecular flexibility index (Phi) is 2.94. The second-order valence-electron chi connectivity index (χ2n) is 5.72. The van der Waals surface area contributed by atoms with Crippen molar-refractivity contribution in [2.45, 2.75) is 43.7 Å². The topological polar surface area (TPSA) is 38.5 Å². The number of hydrogen-bond acceptors (Lipinski definition) is 3. The fourth-order valence-corrected chi connectivity index (χ4v) is 3.74. The summed E-state index contributed by atoms with van der Waals surface area (Å²) in [7, 11) is 4.02. The molecule has 18 heavy (non-hydrogen) atoms. The maximum Gasteiger partial charge on any atom is 0.122 e. The number of ether oxygens (including phenoxy) is 1. The number of benzene rings is 1. The molecule has 2 aliphatic rings. The van der Waals surface area contributed by atoms with E-state index in [1.54, 1.807) is 7.11 Å². The van der Waals surface area contributed by atoms with Crippen LogP contribution in [0.15, 0.2) is 18.2 Å². The lowest BCUT2D eigenvalue weighted by molar-refractivity contribution is 0.160. The van der Waals surface area contributed by atoms with E-state index in [9.17, 15) is 0 Å². The minimum Gasteiger partial charge on any atom is -0.496 e. The molecule has 3 rings (SSSR count). The summed E-state index contributed by atoms with van der Waals surface area (Å²) >= 11 is 0. The summed E-state index contributed by atoms with van der Waals surface area (Å²) in [5, 5.41) is 0. The van der Waals surface area contributed by atoms with Crippen LogP contribution in [0.5, 0.6) is 5.75 Å². The summed E-state index contributed by atoms with van der Waals surface area (Å²) in [6, 6.07) is 7.53. The van der Waals surface area contributed by atoms with Crippen molar-refractivity contribution in [3.05, 3.63) is 23.8 Å². The average molecular weight is 246 g/mol. The van der Waals surface area contributed by atoms with Crippen LogP contribution in [0.1, 0.15) is 37.2 Å². The Labute approximate surface area is 109 Å². The van der Waals surface area contributed by atoms with Crippen LogP contribution < -0.4 is 10.5 Å². The number of rotatable bonds is 2. The molecule has 0 aromatic heterocycles. The molecule has 2 N–H and O–H groups in total. The third-order valence-corrected chi connectivity index (χ3v) is 4.79. The van der Waals surface area contributed by atoms with Crippen LogP contribution in [0.3, 0.4) is 0 Å². The van der Waals surface area contributed by atoms with E-state index in [0.717, 1.165) is 23.5 Å². The smallest absolute Gasteiger partial charge is 0.122 e. The van der Waals surface area contributed by atoms with Crippen LogP contribution in [-0.4, -0.2) is 31.1 Å². The molecule has 3 heteroatoms. The van der Waals surface area contributed by atoms with E-state index in [2.05, 4.69) is 18.0 Å². The zero-order valence-corrected chi connectivity index (χ0v) is 11.2. The van der Waals surface area contributed by atoms with Crippen molar-refractivity contribution in [3.63, 3.8) is 0 Å². The molecule has 2 atom stereocenters. The second kappa shape index (κ2) is 4.47. The molecule has 1 aromatic carbocycles. The van der Waals surface area contributed by atoms with E-state index in [0.29, 0.717) is 5.92 Å². The number of anilines is 1. The lowest BCUT2D eigenvalue weighted by Crippen LogP contribution is -2.39. The molecule has 98 valence electrons. The van der Waals surface area contributed by atoms with Crippen LogP contribution >= 0.6 is 0 Å². The fourth-order valence-electron chi connectivity index (χ4n) is 3.74. The van der Waals surface area contributed by atoms with Crippen molar-refractivity contribution < 1.29 is 4.74 Å². The minimum absolute atomic E-state index is 0.608. The maximum absolute atomic E-state index is 5.94. The predicted octanol–water partition coefficient (Wildman–Crippen LogP) is 2.62. The first-order chi connectivity index (χ1) is 8.69. The predicted molar refractivity (Wildman–Crippen MR) is 74.0 cm³/mol. The molecule has 0 saturated carbocycles. The van der Waals surface area contributed by atoms with Crippen LogP contribution in [0.4, 0.5) is 5.69 Å². The highest BCUT2D eigenvalue weighted by Gasteiger charge is 2.39. The average Bonchev–Trinajstić information content (AvgIpc) is 2.61. The molecular weight excluding hydrogens is 224 g/mol. The van der Waals surface area contributed by atoms with Gasteiger partial charge in [-0.3, -0.25) is 0 Å². The standard InChI is InChI=1S/C15H22N2O/c1-17-12-4-5-13(17)8-10(7-12)14-9-11(16)3-6-15(14)18-2/h3,6,9-10,12-13H,4-5,7-8,16H2,1-2H3. The summed E-state index contributed by atoms with van der Waals surface area (Å²) < 4.78 is 5.50. The van der Waals surface area contributed by atoms with Crippen molar-refractivity contribution in [3.8, 4) is 5.75 Å². The Morgan fingerprint density at radius 1 is 1.22 bits per heavy atom. The molecule has 2 heterocycles. The molecule has 2 bridgehead atoms. The number of piperidine rings is 1. The quantitative estimate of drug-likeness (QED) is 0.815. The zero-order valence-electron chi connectivity index (χ0n) is 11.2. The van der Waals surface area contributed by atoms with Gasteiger partial charge in [-0.15, -0.1) is 0 Å². The Hall–Kier alpha value is -1.22. The summed E-state index contributed by atoms with van der Waals surface area (Å²) in [4.78, 5) is 2.56. The normalized spacial score (nSPS) is 31.6. The van der Waals surface area contributed by atoms with E-state index >= 15 is 0 Å². The third kappa shape index (κ3) is 1.87. The lowest BCUT2D eigenvalue weighted by atomic mass is 9.84. The van der Waals surface area contributed by atoms with Crippen LogP contribution in [0.2, 0.25) is 0 Å². The molecule has 1 aromatic rings. The first-order valence-electron chi connectivity index (χ1n) is 6.84. The molecule has 0 radical (unpaired) electrons. The Bertz CT molecular complexity index is 432. The van der Waals surface area contributed by atoms with Gasteiger partial charge in [0.25, 0.3) is 0 Å². The molecule has 3 nitrogen and oxygen atoms in total. The van der Waals surface area contributed by atoms with Crippen molar-refractivity contribution in [2.75, 3.05) is 19.9 Å². The van der Waals surface area contributed by atoms with E-state index < -0.39 is 0 Å². The highest BCUT2D eigenvalue weighted by atomic mass is 16.5. The van der Waals surface area contributed by atoms with Crippen molar-refractivity contribution >= 4 is 5.69 Å². The number of fused-ring (bicyclic) bond motifs is 2. The van der Waals surface area contributed by atoms with Gasteiger partial charge in [-0.05, 0) is 62.4 Å². The van der Waals surface area contributed by atoms with E-state index in [1.165, 1.54) is 31.2 Å². The summed E-state index contributed by atoms with van der Waals surface area (Å²) in [6.45, 7) is 0. The lowest BCUT2D eigenvalue weighted by Gasteiger charge is -2.37. The minimum atomic E-state index is 0.608. The summed E-state index contributed by atoms with van der Waals surface area (Å²) in [5.41, 5.74) is 8.09. The molecule has 2 fully saturated rings. The molecule has 0 aliphatic carbocycles. The third-order valence-electron chi connectivity index (χ3n) is 4.79. The van der Waals surface area contributed by atoms with Crippen molar-refractivity contribution in [1.29, 1.82) is 0 Å². The van der Waals surface area contributed by atoms with E-state index in [1.807, 2.05) is 12.1 Å². The molecule has 2 saturated heterocycles. The number of nitrogens with zero attached hydrogens (tertiary/aromatic N) is 1. The van der Waals surface area contributed by atoms with Gasteiger partial charge < -0.3 is 15.4 Å². The Morgan fingerprint density at radius 2 is 1.89 bits per heavy atom. The van der Waals surface area contributed by atoms with Gasteiger partial charge in [0.15, 0.2) is 0 Å². The largest absolute Gasteiger partial charge is 0.496 e. The highest BCUT2D eigenvalue weighted by molar-refractivity contribution is 5.49. The highest BCUT2D eigenvalue weighted by Crippen LogP contribution is 2.44. The Balaban J connectivity index is 1.89. The zero-order chi connectivity index (χ0) is 12.7. The number of nitrogens with two attached hydrogens (primary N) is 1. The second-order valence-corrected chi connectivity index (χ2v) is 5.72. The summed E-state index contributed by atoms with van der Waals surface area (Å²) in [6.07, 6.45) is 5.18. The molecule has 0 spiro atoms. The first kappa shape index (κ1) is 11.8. The maximum atomic E-state index is 5.94. The van der Waals surface area contributed by atoms with E-state index in [4.69, 9.17) is 10.5 Å². The summed E-state index contributed by atoms with van der Waals surface area (Å²) in [5.74, 6) is 1.61. The van der Waals surface area contributed by atoms with Gasteiger partial charge in [0.1, 0.15) is 5.75 Å². The molecule has 2 aliphatic heterocycles. The van der Waals surface area contributed by atoms with Gasteiger partial charge in [-0.2, -0.15) is 0 Å². The van der Waals surface area contributed by atoms with Gasteiger partial charge in [0.2, 0.25) is 0 Å². The molecule has 0 amide bonds. The van der Waals surface area contributed by atoms with Crippen molar-refractivity contribution in [1.82, 2.24) is 4.90 Å². The SMILES string of the molecule is COc1ccc(N)cc1C1CC2CCC(C1)N2C. The van der Waals surface area contributed by atoms with Crippen LogP contribution in [0, 0.1) is 0 Å². The van der Waals surface area contributed by atoms with Gasteiger partial charge in [0, 0.05) is 17.8 Å². The molecule has 2 unspecified atom stereocenters. The molecular formula is C15H22N2O. The number of methoxy groups -OCH3 is 1. The number of nitrogen functional groups attached to an aromatic ring is 1. The monoisotopic (exact) mass is 246 g/mol. The van der Waals surface area contributed by atoms with Gasteiger partial charge in [-0.25, -0.2) is 0 Å². The van der Waals surface area contributed by atoms with E-state index in [-0.39, 0.29) is 0 Å². The first-order valence-corrected chi connectivity index (χ1v) is 6.84. The van der Waals surface area contributed by atoms with Crippen molar-refractivity contribution in [2.24, 2.45) is 0 Å². The fraction of sp³-hybridized carbons (Fsp3) is 0.600. The van der Waals surface area contributed by atoms with Gasteiger partial charge in [-0.1, -0.05) is 0 Å². The Morgan fingerprint density at radius 3 is 2.50 bits per heavy atom. The van der Waals surface area contributed by atoms with Crippen LogP contribution in [-0.2, 0) is 0 Å².